The molecule has 1 saturated carbocycles. The molecule has 0 aromatic heterocycles. The Balaban J connectivity index is 1.63. The van der Waals surface area contributed by atoms with E-state index in [2.05, 4.69) is 38.2 Å². The minimum absolute atomic E-state index is 0.00863. The van der Waals surface area contributed by atoms with Crippen molar-refractivity contribution in [3.63, 3.8) is 0 Å². The summed E-state index contributed by atoms with van der Waals surface area (Å²) in [7, 11) is 0. The first kappa shape index (κ1) is 16.7. The largest absolute Gasteiger partial charge is 0.481 e. The van der Waals surface area contributed by atoms with Crippen LogP contribution in [0.4, 0.5) is 0 Å². The Bertz CT molecular complexity index is 669. The molecular weight excluding hydrogens is 302 g/mol. The lowest BCUT2D eigenvalue weighted by Crippen LogP contribution is -2.39. The number of benzene rings is 1. The van der Waals surface area contributed by atoms with Crippen molar-refractivity contribution in [3.05, 3.63) is 47.5 Å². The molecule has 1 amide bonds. The molecule has 2 aliphatic carbocycles. The molecule has 4 heteroatoms. The van der Waals surface area contributed by atoms with Gasteiger partial charge in [0.15, 0.2) is 0 Å². The molecule has 4 nitrogen and oxygen atoms in total. The normalized spacial score (nSPS) is 28.1. The highest BCUT2D eigenvalue weighted by atomic mass is 16.4. The van der Waals surface area contributed by atoms with Crippen LogP contribution in [-0.2, 0) is 21.5 Å². The molecule has 0 aliphatic heterocycles. The molecular formula is C20H25NO3. The number of carbonyl (C=O) groups is 2. The molecule has 1 aromatic carbocycles. The van der Waals surface area contributed by atoms with Gasteiger partial charge in [-0.25, -0.2) is 0 Å². The lowest BCUT2D eigenvalue weighted by atomic mass is 9.82. The van der Waals surface area contributed by atoms with E-state index in [9.17, 15) is 14.7 Å². The number of carbonyl (C=O) groups excluding carboxylic acids is 1. The van der Waals surface area contributed by atoms with Crippen LogP contribution in [0.3, 0.4) is 0 Å². The monoisotopic (exact) mass is 327 g/mol. The van der Waals surface area contributed by atoms with Gasteiger partial charge in [0.1, 0.15) is 0 Å². The summed E-state index contributed by atoms with van der Waals surface area (Å²) in [4.78, 5) is 24.0. The van der Waals surface area contributed by atoms with Crippen molar-refractivity contribution < 1.29 is 14.7 Å². The van der Waals surface area contributed by atoms with E-state index in [1.54, 1.807) is 0 Å². The Hall–Kier alpha value is -2.10. The van der Waals surface area contributed by atoms with Crippen molar-refractivity contribution in [2.24, 2.45) is 23.7 Å². The lowest BCUT2D eigenvalue weighted by Gasteiger charge is -2.24. The molecule has 24 heavy (non-hydrogen) atoms. The van der Waals surface area contributed by atoms with Crippen LogP contribution in [-0.4, -0.2) is 17.0 Å². The zero-order valence-electron chi connectivity index (χ0n) is 14.5. The topological polar surface area (TPSA) is 66.4 Å². The third-order valence-corrected chi connectivity index (χ3v) is 5.33. The first-order valence-electron chi connectivity index (χ1n) is 8.55. The van der Waals surface area contributed by atoms with Crippen LogP contribution in [0, 0.1) is 23.7 Å². The standard InChI is InChI=1S/C20H25NO3/c1-20(2,3)15-8-4-12(5-9-15)11-21-18(22)16-13-6-7-14(10-13)17(16)19(23)24/h4-9,13-14,16-17H,10-11H2,1-3H3,(H,21,22)(H,23,24). The third kappa shape index (κ3) is 3.10. The van der Waals surface area contributed by atoms with Crippen molar-refractivity contribution in [2.75, 3.05) is 0 Å². The Kier molecular flexibility index (Phi) is 4.24. The average Bonchev–Trinajstić information content (AvgIpc) is 3.13. The predicted molar refractivity (Wildman–Crippen MR) is 92.3 cm³/mol. The molecule has 4 unspecified atom stereocenters. The Morgan fingerprint density at radius 1 is 1.08 bits per heavy atom. The van der Waals surface area contributed by atoms with Gasteiger partial charge in [0.25, 0.3) is 0 Å². The summed E-state index contributed by atoms with van der Waals surface area (Å²) in [6.45, 7) is 6.93. The van der Waals surface area contributed by atoms with E-state index in [1.807, 2.05) is 24.3 Å². The van der Waals surface area contributed by atoms with Crippen molar-refractivity contribution >= 4 is 11.9 Å². The van der Waals surface area contributed by atoms with E-state index < -0.39 is 17.8 Å². The molecule has 1 fully saturated rings. The molecule has 0 radical (unpaired) electrons. The molecule has 2 N–H and O–H groups in total. The molecule has 0 saturated heterocycles. The second kappa shape index (κ2) is 6.08. The van der Waals surface area contributed by atoms with Crippen LogP contribution in [0.2, 0.25) is 0 Å². The van der Waals surface area contributed by atoms with Gasteiger partial charge < -0.3 is 10.4 Å². The van der Waals surface area contributed by atoms with E-state index in [1.165, 1.54) is 5.56 Å². The summed E-state index contributed by atoms with van der Waals surface area (Å²) in [6, 6.07) is 8.22. The minimum atomic E-state index is -0.860. The number of rotatable bonds is 4. The fourth-order valence-electron chi connectivity index (χ4n) is 3.95. The molecule has 0 heterocycles. The van der Waals surface area contributed by atoms with Gasteiger partial charge in [0.2, 0.25) is 5.91 Å². The van der Waals surface area contributed by atoms with Crippen LogP contribution in [0.1, 0.15) is 38.3 Å². The van der Waals surface area contributed by atoms with Crippen molar-refractivity contribution in [1.82, 2.24) is 5.32 Å². The Morgan fingerprint density at radius 2 is 1.67 bits per heavy atom. The highest BCUT2D eigenvalue weighted by Crippen LogP contribution is 2.48. The van der Waals surface area contributed by atoms with Crippen LogP contribution < -0.4 is 5.32 Å². The van der Waals surface area contributed by atoms with Crippen LogP contribution in [0.5, 0.6) is 0 Å². The number of hydrogen-bond acceptors (Lipinski definition) is 2. The van der Waals surface area contributed by atoms with Gasteiger partial charge in [-0.15, -0.1) is 0 Å². The number of amides is 1. The highest BCUT2D eigenvalue weighted by Gasteiger charge is 2.51. The Labute approximate surface area is 143 Å². The smallest absolute Gasteiger partial charge is 0.307 e. The molecule has 2 aliphatic rings. The highest BCUT2D eigenvalue weighted by molar-refractivity contribution is 5.86. The predicted octanol–water partition coefficient (Wildman–Crippen LogP) is 3.12. The zero-order valence-corrected chi connectivity index (χ0v) is 14.5. The number of aliphatic carboxylic acids is 1. The van der Waals surface area contributed by atoms with Gasteiger partial charge >= 0.3 is 5.97 Å². The van der Waals surface area contributed by atoms with Gasteiger partial charge in [0, 0.05) is 6.54 Å². The van der Waals surface area contributed by atoms with Gasteiger partial charge in [-0.05, 0) is 34.8 Å². The fraction of sp³-hybridized carbons (Fsp3) is 0.500. The first-order chi connectivity index (χ1) is 11.3. The summed E-state index contributed by atoms with van der Waals surface area (Å²) < 4.78 is 0. The maximum absolute atomic E-state index is 12.5. The third-order valence-electron chi connectivity index (χ3n) is 5.33. The molecule has 128 valence electrons. The molecule has 2 bridgehead atoms. The molecule has 1 aromatic rings. The summed E-state index contributed by atoms with van der Waals surface area (Å²) in [5.74, 6) is -1.94. The maximum Gasteiger partial charge on any atom is 0.307 e. The molecule has 4 atom stereocenters. The van der Waals surface area contributed by atoms with Gasteiger partial charge in [0.05, 0.1) is 11.8 Å². The SMILES string of the molecule is CC(C)(C)c1ccc(CNC(=O)C2C3C=CC(C3)C2C(=O)O)cc1. The van der Waals surface area contributed by atoms with Crippen molar-refractivity contribution in [1.29, 1.82) is 0 Å². The number of hydrogen-bond donors (Lipinski definition) is 2. The molecule has 3 rings (SSSR count). The van der Waals surface area contributed by atoms with Crippen molar-refractivity contribution in [3.8, 4) is 0 Å². The van der Waals surface area contributed by atoms with Crippen LogP contribution in [0.25, 0.3) is 0 Å². The van der Waals surface area contributed by atoms with E-state index in [-0.39, 0.29) is 23.2 Å². The van der Waals surface area contributed by atoms with E-state index in [0.29, 0.717) is 6.54 Å². The number of carboxylic acid groups (broad SMARTS) is 1. The average molecular weight is 327 g/mol. The fourth-order valence-corrected chi connectivity index (χ4v) is 3.95. The minimum Gasteiger partial charge on any atom is -0.481 e. The molecule has 0 spiro atoms. The lowest BCUT2D eigenvalue weighted by molar-refractivity contribution is -0.147. The van der Waals surface area contributed by atoms with E-state index in [0.717, 1.165) is 12.0 Å². The van der Waals surface area contributed by atoms with Gasteiger partial charge in [-0.1, -0.05) is 57.2 Å². The number of allylic oxidation sites excluding steroid dienone is 2. The van der Waals surface area contributed by atoms with E-state index in [4.69, 9.17) is 0 Å². The van der Waals surface area contributed by atoms with Crippen molar-refractivity contribution in [2.45, 2.75) is 39.2 Å². The summed E-state index contributed by atoms with van der Waals surface area (Å²) in [5.41, 5.74) is 2.38. The number of carboxylic acids is 1. The van der Waals surface area contributed by atoms with Crippen LogP contribution >= 0.6 is 0 Å². The maximum atomic E-state index is 12.5. The number of fused-ring (bicyclic) bond motifs is 2. The summed E-state index contributed by atoms with van der Waals surface area (Å²) >= 11 is 0. The number of nitrogens with one attached hydrogen (secondary N) is 1. The second-order valence-corrected chi connectivity index (χ2v) is 8.00. The van der Waals surface area contributed by atoms with Crippen LogP contribution in [0.15, 0.2) is 36.4 Å². The second-order valence-electron chi connectivity index (χ2n) is 8.00. The quantitative estimate of drug-likeness (QED) is 0.835. The first-order valence-corrected chi connectivity index (χ1v) is 8.55. The van der Waals surface area contributed by atoms with E-state index >= 15 is 0 Å². The van der Waals surface area contributed by atoms with Gasteiger partial charge in [-0.2, -0.15) is 0 Å². The summed E-state index contributed by atoms with van der Waals surface area (Å²) in [6.07, 6.45) is 4.75. The summed E-state index contributed by atoms with van der Waals surface area (Å²) in [5, 5.41) is 12.4. The zero-order chi connectivity index (χ0) is 17.5. The van der Waals surface area contributed by atoms with Gasteiger partial charge in [-0.3, -0.25) is 9.59 Å². The Morgan fingerprint density at radius 3 is 2.21 bits per heavy atom.